The zero-order valence-electron chi connectivity index (χ0n) is 10.4. The topological polar surface area (TPSA) is 83.8 Å². The van der Waals surface area contributed by atoms with Crippen molar-refractivity contribution in [1.29, 1.82) is 0 Å². The van der Waals surface area contributed by atoms with Crippen molar-refractivity contribution in [3.05, 3.63) is 29.8 Å². The minimum Gasteiger partial charge on any atom is -0.390 e. The predicted octanol–water partition coefficient (Wildman–Crippen LogP) is 0.832. The van der Waals surface area contributed by atoms with Gasteiger partial charge in [-0.05, 0) is 25.5 Å². The van der Waals surface area contributed by atoms with Crippen LogP contribution in [0.3, 0.4) is 0 Å². The molecule has 18 heavy (non-hydrogen) atoms. The molecule has 0 fully saturated rings. The van der Waals surface area contributed by atoms with Crippen LogP contribution in [0, 0.1) is 6.92 Å². The fraction of sp³-hybridized carbons (Fsp3) is 0.500. The summed E-state index contributed by atoms with van der Waals surface area (Å²) in [6, 6.07) is 6.20. The van der Waals surface area contributed by atoms with Gasteiger partial charge in [-0.15, -0.1) is 0 Å². The summed E-state index contributed by atoms with van der Waals surface area (Å²) in [5.74, 6) is 0. The van der Waals surface area contributed by atoms with E-state index in [0.29, 0.717) is 6.42 Å². The second-order valence-electron chi connectivity index (χ2n) is 4.09. The molecule has 2 unspecified atom stereocenters. The standard InChI is InChI=1S/C12H18O5S/c1-3-11(13)12(14)8-17-18(15,16)10-6-4-9(2)5-7-10/h4-7,11-14H,3,8H2,1-2H3. The van der Waals surface area contributed by atoms with Crippen molar-refractivity contribution in [2.24, 2.45) is 0 Å². The van der Waals surface area contributed by atoms with Gasteiger partial charge >= 0.3 is 0 Å². The molecule has 1 aromatic rings. The van der Waals surface area contributed by atoms with Gasteiger partial charge in [0.15, 0.2) is 0 Å². The second kappa shape index (κ2) is 6.29. The number of aryl methyl sites for hydroxylation is 1. The van der Waals surface area contributed by atoms with E-state index in [1.54, 1.807) is 19.1 Å². The van der Waals surface area contributed by atoms with Crippen LogP contribution >= 0.6 is 0 Å². The molecule has 0 aliphatic rings. The first-order chi connectivity index (χ1) is 8.36. The van der Waals surface area contributed by atoms with E-state index in [9.17, 15) is 18.6 Å². The fourth-order valence-corrected chi connectivity index (χ4v) is 2.24. The molecular weight excluding hydrogens is 256 g/mol. The molecule has 0 saturated carbocycles. The lowest BCUT2D eigenvalue weighted by Gasteiger charge is -2.15. The first-order valence-electron chi connectivity index (χ1n) is 5.69. The number of hydrogen-bond acceptors (Lipinski definition) is 5. The van der Waals surface area contributed by atoms with Crippen LogP contribution in [0.4, 0.5) is 0 Å². The molecule has 0 amide bonds. The molecule has 2 atom stereocenters. The van der Waals surface area contributed by atoms with E-state index in [4.69, 9.17) is 4.18 Å². The summed E-state index contributed by atoms with van der Waals surface area (Å²) in [6.45, 7) is 3.08. The Balaban J connectivity index is 2.68. The molecule has 0 heterocycles. The molecular formula is C12H18O5S. The summed E-state index contributed by atoms with van der Waals surface area (Å²) in [5, 5.41) is 18.7. The average Bonchev–Trinajstić information content (AvgIpc) is 2.35. The number of aliphatic hydroxyl groups is 2. The van der Waals surface area contributed by atoms with Gasteiger partial charge in [-0.25, -0.2) is 0 Å². The van der Waals surface area contributed by atoms with Crippen molar-refractivity contribution in [2.45, 2.75) is 37.4 Å². The Morgan fingerprint density at radius 1 is 1.17 bits per heavy atom. The van der Waals surface area contributed by atoms with Crippen LogP contribution in [0.25, 0.3) is 0 Å². The molecule has 2 N–H and O–H groups in total. The number of aliphatic hydroxyl groups excluding tert-OH is 2. The lowest BCUT2D eigenvalue weighted by molar-refractivity contribution is -0.00771. The largest absolute Gasteiger partial charge is 0.390 e. The van der Waals surface area contributed by atoms with Gasteiger partial charge in [-0.3, -0.25) is 4.18 Å². The Morgan fingerprint density at radius 3 is 2.22 bits per heavy atom. The van der Waals surface area contributed by atoms with Crippen molar-refractivity contribution < 1.29 is 22.8 Å². The van der Waals surface area contributed by atoms with E-state index in [1.165, 1.54) is 12.1 Å². The van der Waals surface area contributed by atoms with Crippen molar-refractivity contribution >= 4 is 10.1 Å². The van der Waals surface area contributed by atoms with Gasteiger partial charge in [0, 0.05) is 0 Å². The van der Waals surface area contributed by atoms with E-state index in [-0.39, 0.29) is 4.90 Å². The first kappa shape index (κ1) is 15.1. The molecule has 0 spiro atoms. The minimum absolute atomic E-state index is 0.0336. The smallest absolute Gasteiger partial charge is 0.297 e. The second-order valence-corrected chi connectivity index (χ2v) is 5.71. The molecule has 0 saturated heterocycles. The highest BCUT2D eigenvalue weighted by Crippen LogP contribution is 2.14. The maximum atomic E-state index is 11.7. The summed E-state index contributed by atoms with van der Waals surface area (Å²) in [5.41, 5.74) is 0.940. The van der Waals surface area contributed by atoms with Crippen LogP contribution in [-0.2, 0) is 14.3 Å². The van der Waals surface area contributed by atoms with Crippen LogP contribution < -0.4 is 0 Å². The zero-order valence-corrected chi connectivity index (χ0v) is 11.2. The van der Waals surface area contributed by atoms with Crippen LogP contribution in [0.2, 0.25) is 0 Å². The Labute approximate surface area is 107 Å². The Kier molecular flexibility index (Phi) is 5.28. The molecule has 1 rings (SSSR count). The maximum absolute atomic E-state index is 11.7. The average molecular weight is 274 g/mol. The van der Waals surface area contributed by atoms with E-state index in [2.05, 4.69) is 0 Å². The third-order valence-corrected chi connectivity index (χ3v) is 3.86. The Hall–Kier alpha value is -0.950. The number of hydrogen-bond donors (Lipinski definition) is 2. The van der Waals surface area contributed by atoms with Crippen LogP contribution in [-0.4, -0.2) is 37.4 Å². The fourth-order valence-electron chi connectivity index (χ4n) is 1.32. The van der Waals surface area contributed by atoms with Crippen LogP contribution in [0.15, 0.2) is 29.2 Å². The molecule has 0 bridgehead atoms. The van der Waals surface area contributed by atoms with E-state index < -0.39 is 28.9 Å². The monoisotopic (exact) mass is 274 g/mol. The molecule has 1 aromatic carbocycles. The van der Waals surface area contributed by atoms with Crippen molar-refractivity contribution in [3.8, 4) is 0 Å². The molecule has 102 valence electrons. The highest BCUT2D eigenvalue weighted by molar-refractivity contribution is 7.86. The van der Waals surface area contributed by atoms with Gasteiger partial charge in [-0.1, -0.05) is 24.6 Å². The predicted molar refractivity (Wildman–Crippen MR) is 66.6 cm³/mol. The van der Waals surface area contributed by atoms with E-state index >= 15 is 0 Å². The van der Waals surface area contributed by atoms with E-state index in [0.717, 1.165) is 5.56 Å². The van der Waals surface area contributed by atoms with Gasteiger partial charge in [0.25, 0.3) is 10.1 Å². The summed E-state index contributed by atoms with van der Waals surface area (Å²) in [4.78, 5) is 0.0336. The molecule has 0 radical (unpaired) electrons. The minimum atomic E-state index is -3.88. The van der Waals surface area contributed by atoms with E-state index in [1.807, 2.05) is 6.92 Å². The summed E-state index contributed by atoms with van der Waals surface area (Å²) < 4.78 is 28.2. The van der Waals surface area contributed by atoms with Gasteiger partial charge in [0.2, 0.25) is 0 Å². The molecule has 0 aliphatic heterocycles. The van der Waals surface area contributed by atoms with Gasteiger partial charge in [0.1, 0.15) is 6.10 Å². The lowest BCUT2D eigenvalue weighted by atomic mass is 10.2. The first-order valence-corrected chi connectivity index (χ1v) is 7.10. The quantitative estimate of drug-likeness (QED) is 0.751. The molecule has 0 aromatic heterocycles. The lowest BCUT2D eigenvalue weighted by Crippen LogP contribution is -2.31. The maximum Gasteiger partial charge on any atom is 0.297 e. The normalized spacial score (nSPS) is 15.3. The van der Waals surface area contributed by atoms with Crippen LogP contribution in [0.1, 0.15) is 18.9 Å². The van der Waals surface area contributed by atoms with Gasteiger partial charge in [-0.2, -0.15) is 8.42 Å². The number of benzene rings is 1. The SMILES string of the molecule is CCC(O)C(O)COS(=O)(=O)c1ccc(C)cc1. The third kappa shape index (κ3) is 4.06. The van der Waals surface area contributed by atoms with Gasteiger partial charge in [0.05, 0.1) is 17.6 Å². The van der Waals surface area contributed by atoms with Crippen LogP contribution in [0.5, 0.6) is 0 Å². The zero-order chi connectivity index (χ0) is 13.8. The van der Waals surface area contributed by atoms with Crippen molar-refractivity contribution in [2.75, 3.05) is 6.61 Å². The highest BCUT2D eigenvalue weighted by Gasteiger charge is 2.20. The molecule has 0 aliphatic carbocycles. The van der Waals surface area contributed by atoms with Crippen molar-refractivity contribution in [3.63, 3.8) is 0 Å². The molecule has 5 nitrogen and oxygen atoms in total. The Morgan fingerprint density at radius 2 is 1.72 bits per heavy atom. The van der Waals surface area contributed by atoms with Gasteiger partial charge < -0.3 is 10.2 Å². The summed E-state index contributed by atoms with van der Waals surface area (Å²) in [7, 11) is -3.88. The van der Waals surface area contributed by atoms with Crippen molar-refractivity contribution in [1.82, 2.24) is 0 Å². The molecule has 6 heteroatoms. The summed E-state index contributed by atoms with van der Waals surface area (Å²) in [6.07, 6.45) is -1.87. The summed E-state index contributed by atoms with van der Waals surface area (Å²) >= 11 is 0. The number of rotatable bonds is 6. The Bertz CT molecular complexity index is 466. The third-order valence-electron chi connectivity index (χ3n) is 2.57. The highest BCUT2D eigenvalue weighted by atomic mass is 32.2.